The smallest absolute Gasteiger partial charge is 0.320 e. The van der Waals surface area contributed by atoms with E-state index in [2.05, 4.69) is 16.0 Å². The van der Waals surface area contributed by atoms with Gasteiger partial charge in [-0.15, -0.1) is 0 Å². The first-order chi connectivity index (χ1) is 40.5. The monoisotopic (exact) mass is 1080 g/mol. The molecule has 0 aromatic carbocycles. The van der Waals surface area contributed by atoms with Gasteiger partial charge < -0.3 is 67.2 Å². The number of nitrogens with one attached hydrogen (secondary N) is 4. The van der Waals surface area contributed by atoms with Gasteiger partial charge in [-0.25, -0.2) is 0 Å². The highest BCUT2D eigenvalue weighted by Gasteiger charge is 2.26. The average Bonchev–Trinajstić information content (AvgIpc) is 1.55. The lowest BCUT2D eigenvalue weighted by atomic mass is 10.1. The van der Waals surface area contributed by atoms with Crippen LogP contribution in [0, 0.1) is 29.5 Å². The number of hydrogen-bond acceptors (Lipinski definition) is 13. The quantitative estimate of drug-likeness (QED) is 0.0831. The minimum absolute atomic E-state index is 0. The number of hydrogen-bond donors (Lipinski definition) is 13. The summed E-state index contributed by atoms with van der Waals surface area (Å²) in [7, 11) is 0. The molecule has 9 rings (SSSR count). The molecule has 0 radical (unpaired) electrons. The van der Waals surface area contributed by atoms with Crippen molar-refractivity contribution < 1.29 is 120 Å². The van der Waals surface area contributed by atoms with Crippen molar-refractivity contribution in [3.05, 3.63) is 0 Å². The van der Waals surface area contributed by atoms with Crippen molar-refractivity contribution in [1.29, 1.82) is 0 Å². The highest BCUT2D eigenvalue weighted by Crippen LogP contribution is 2.27. The number of rotatable bonds is 9. The van der Waals surface area contributed by atoms with Crippen molar-refractivity contribution in [3.63, 3.8) is 0 Å². The molecule has 4 heterocycles. The molecule has 22 nitrogen and oxygen atoms in total. The molecule has 424 valence electrons. The molecule has 4 saturated heterocycles. The van der Waals surface area contributed by atoms with Crippen LogP contribution in [0.3, 0.4) is 0 Å². The molecule has 5 saturated carbocycles. The Labute approximate surface area is 454 Å². The molecule has 9 fully saturated rings. The van der Waals surface area contributed by atoms with E-state index < -0.39 is 123 Å². The maximum atomic E-state index is 10.8. The molecule has 13 N–H and O–H groups in total. The largest absolute Gasteiger partial charge is 0.481 e. The second kappa shape index (κ2) is 38.7. The Morgan fingerprint density at radius 2 is 0.694 bits per heavy atom. The summed E-state index contributed by atoms with van der Waals surface area (Å²) in [5.74, 6) is -13.4. The fourth-order valence-corrected chi connectivity index (χ4v) is 7.70. The predicted octanol–water partition coefficient (Wildman–Crippen LogP) is 6.83. The molecule has 5 aliphatic carbocycles. The second-order valence-electron chi connectivity index (χ2n) is 17.3. The molecule has 4 aliphatic heterocycles. The zero-order chi connectivity index (χ0) is 69.2. The molecule has 7 unspecified atom stereocenters. The van der Waals surface area contributed by atoms with Gasteiger partial charge in [-0.2, -0.15) is 0 Å². The van der Waals surface area contributed by atoms with Crippen molar-refractivity contribution in [2.75, 3.05) is 26.1 Å². The van der Waals surface area contributed by atoms with Crippen molar-refractivity contribution in [2.45, 2.75) is 204 Å². The highest BCUT2D eigenvalue weighted by molar-refractivity contribution is 5.75. The van der Waals surface area contributed by atoms with Crippen LogP contribution in [0.4, 0.5) is 0 Å². The van der Waals surface area contributed by atoms with Crippen molar-refractivity contribution in [3.8, 4) is 0 Å². The van der Waals surface area contributed by atoms with Crippen LogP contribution in [0.5, 0.6) is 0 Å². The number of carboxylic acids is 9. The normalized spacial score (nSPS) is 38.2. The summed E-state index contributed by atoms with van der Waals surface area (Å²) in [5.41, 5.74) is 0. The van der Waals surface area contributed by atoms with Crippen LogP contribution in [-0.2, 0) is 43.2 Å². The van der Waals surface area contributed by atoms with E-state index in [-0.39, 0.29) is 62.3 Å². The van der Waals surface area contributed by atoms with Gasteiger partial charge in [-0.3, -0.25) is 43.2 Å². The van der Waals surface area contributed by atoms with Gasteiger partial charge in [0, 0.05) is 29.1 Å². The molecule has 22 heteroatoms. The average molecular weight is 1080 g/mol. The van der Waals surface area contributed by atoms with E-state index in [1.165, 1.54) is 5.32 Å². The Bertz CT molecular complexity index is 2150. The Morgan fingerprint density at radius 3 is 0.833 bits per heavy atom. The summed E-state index contributed by atoms with van der Waals surface area (Å²) in [5, 5.41) is 86.3. The third-order valence-corrected chi connectivity index (χ3v) is 11.9. The fraction of sp³-hybridized carbons (Fsp3) is 0.820. The molecule has 72 heavy (non-hydrogen) atoms. The van der Waals surface area contributed by atoms with E-state index in [1.54, 1.807) is 0 Å². The molecule has 0 aromatic heterocycles. The van der Waals surface area contributed by atoms with Crippen LogP contribution in [-0.4, -0.2) is 150 Å². The first-order valence-electron chi connectivity index (χ1n) is 32.6. The van der Waals surface area contributed by atoms with Crippen molar-refractivity contribution in [2.24, 2.45) is 29.5 Å². The predicted molar refractivity (Wildman–Crippen MR) is 273 cm³/mol. The van der Waals surface area contributed by atoms with E-state index >= 15 is 0 Å². The van der Waals surface area contributed by atoms with Crippen molar-refractivity contribution in [1.82, 2.24) is 21.3 Å². The minimum atomic E-state index is -3.19. The molecule has 9 aliphatic rings. The molecular weight excluding hydrogens is 967 g/mol. The zero-order valence-corrected chi connectivity index (χ0v) is 40.3. The van der Waals surface area contributed by atoms with Crippen LogP contribution < -0.4 is 21.3 Å². The van der Waals surface area contributed by atoms with Gasteiger partial charge >= 0.3 is 53.7 Å². The first kappa shape index (κ1) is 41.4. The standard InChI is InChI=1S/5C6H10O2.4C5H9NO2.5H2/c5*7-6(8)5-3-1-2-4-5;4*7-5(8)4-2-1-3-6-4;;;;;/h5*5H,1-4H2,(H,7,8);4*4,6H,1-3H2,(H,7,8);5*1H/i1+1,2+1,3+1,5+1,6+1;1D2,2D2,3D2,5D;1D2,5D;6+1;5+1;1+1D2,2+1D2,3+1D2,4+1D,5+1,6+1;1+1,2+1,3+1,4+1,5+1,6+1;4+1,5+1,6+1;6+1;;;;;. The third kappa shape index (κ3) is 30.2. The maximum Gasteiger partial charge on any atom is 0.320 e. The van der Waals surface area contributed by atoms with Gasteiger partial charge in [0.2, 0.25) is 0 Å². The zero-order valence-electron chi connectivity index (χ0n) is 57.3. The topological polar surface area (TPSA) is 384 Å². The van der Waals surface area contributed by atoms with Gasteiger partial charge in [0.1, 0.15) is 24.1 Å². The molecule has 0 spiro atoms. The molecular formula is C50H96N4O18. The summed E-state index contributed by atoms with van der Waals surface area (Å²) < 4.78 is 123. The Balaban J connectivity index is -0.000000318. The minimum Gasteiger partial charge on any atom is -0.481 e. The Kier molecular flexibility index (Phi) is 22.2. The van der Waals surface area contributed by atoms with Crippen LogP contribution >= 0.6 is 0 Å². The number of aliphatic carboxylic acids is 9. The van der Waals surface area contributed by atoms with Crippen LogP contribution in [0.25, 0.3) is 0 Å². The first-order valence-corrected chi connectivity index (χ1v) is 24.1. The van der Waals surface area contributed by atoms with E-state index in [0.717, 1.165) is 135 Å². The lowest BCUT2D eigenvalue weighted by Gasteiger charge is -1.99. The lowest BCUT2D eigenvalue weighted by molar-refractivity contribution is -0.142. The van der Waals surface area contributed by atoms with Crippen LogP contribution in [0.15, 0.2) is 0 Å². The van der Waals surface area contributed by atoms with Gasteiger partial charge in [0.15, 0.2) is 0 Å². The van der Waals surface area contributed by atoms with E-state index in [0.29, 0.717) is 0 Å². The summed E-state index contributed by atoms with van der Waals surface area (Å²) >= 11 is 0. The third-order valence-electron chi connectivity index (χ3n) is 11.9. The lowest BCUT2D eigenvalue weighted by Crippen LogP contribution is -2.29. The van der Waals surface area contributed by atoms with Gasteiger partial charge in [0.25, 0.3) is 0 Å². The SMILES string of the molecule is O=C(O)C1CCC[15NH]1.O=C(O)[13CH]1CCCC1.O=[13C](O)C1CCCC1.O=[13C](O)[13CH]1CCC[15NH]1.O=[13C](O)[13CH]1C[13CH2][13CH2][13CH2]1.O=[13C](O)[13CH]1[13CH2][13CH2][13CH2][15NH]1.[2H]C1([2H])CC([2H])(C(=O)O)C([2H])([2H])C1([2H])[2H].[2H]C1([2H])CCC([2H])(C(=O)O)C1.[2H][13C]1([2H])[15NH][13C]([2H])([13C](=O)O)[13C]([2H])([2H])[13C]1([2H])[2H].[HH].[HH].[HH].[HH].[HH]. The molecule has 7 atom stereocenters. The summed E-state index contributed by atoms with van der Waals surface area (Å²) in [6, 6.07) is -3.85. The van der Waals surface area contributed by atoms with Crippen LogP contribution in [0.1, 0.15) is 210 Å². The maximum absolute atomic E-state index is 10.8. The number of carboxylic acid groups (broad SMARTS) is 9. The van der Waals surface area contributed by atoms with E-state index in [4.69, 9.17) is 69.3 Å². The summed E-state index contributed by atoms with van der Waals surface area (Å²) in [4.78, 5) is 92.9. The Morgan fingerprint density at radius 1 is 0.333 bits per heavy atom. The number of carbonyl (C=O) groups is 9. The highest BCUT2D eigenvalue weighted by atomic mass is 16.5. The summed E-state index contributed by atoms with van der Waals surface area (Å²) in [6.07, 6.45) is 0.00519. The van der Waals surface area contributed by atoms with E-state index in [9.17, 15) is 43.2 Å². The molecule has 0 aromatic rings. The molecule has 0 amide bonds. The van der Waals surface area contributed by atoms with Gasteiger partial charge in [0.05, 0.1) is 30.9 Å². The van der Waals surface area contributed by atoms with Gasteiger partial charge in [-0.05, 0) is 142 Å². The van der Waals surface area contributed by atoms with Gasteiger partial charge in [-0.1, -0.05) is 64.1 Å². The fourth-order valence-electron chi connectivity index (χ4n) is 7.70. The summed E-state index contributed by atoms with van der Waals surface area (Å²) in [6.45, 7) is -0.346. The van der Waals surface area contributed by atoms with Crippen molar-refractivity contribution >= 4 is 53.7 Å². The van der Waals surface area contributed by atoms with E-state index in [1.807, 2.05) is 0 Å². The Hall–Kier alpha value is -4.93. The second-order valence-corrected chi connectivity index (χ2v) is 17.3. The molecule has 0 bridgehead atoms. The van der Waals surface area contributed by atoms with Crippen LogP contribution in [0.2, 0.25) is 0 Å².